The number of aryl methyl sites for hydroxylation is 1. The summed E-state index contributed by atoms with van der Waals surface area (Å²) in [6.07, 6.45) is 3.46. The molecule has 0 aliphatic heterocycles. The fraction of sp³-hybridized carbons (Fsp3) is 0.111. The first-order chi connectivity index (χ1) is 17.0. The third kappa shape index (κ3) is 6.16. The number of benzene rings is 3. The SMILES string of the molecule is Cc1ccc(CNC(=O)c2ccc(-n3ccnc3SCC(=O)Nc3ccccc3C#N)cc2)cc1. The molecule has 0 fully saturated rings. The van der Waals surface area contributed by atoms with Crippen LogP contribution in [0.3, 0.4) is 0 Å². The van der Waals surface area contributed by atoms with Gasteiger partial charge in [0, 0.05) is 30.2 Å². The average molecular weight is 482 g/mol. The molecule has 0 unspecified atom stereocenters. The van der Waals surface area contributed by atoms with E-state index in [2.05, 4.69) is 21.7 Å². The van der Waals surface area contributed by atoms with Crippen LogP contribution < -0.4 is 10.6 Å². The molecule has 1 heterocycles. The summed E-state index contributed by atoms with van der Waals surface area (Å²) in [5.74, 6) is -0.240. The lowest BCUT2D eigenvalue weighted by atomic mass is 10.1. The quantitative estimate of drug-likeness (QED) is 0.355. The molecule has 0 aliphatic rings. The number of hydrogen-bond donors (Lipinski definition) is 2. The molecule has 0 bridgehead atoms. The molecule has 7 nitrogen and oxygen atoms in total. The molecule has 35 heavy (non-hydrogen) atoms. The second kappa shape index (κ2) is 11.2. The van der Waals surface area contributed by atoms with E-state index in [0.29, 0.717) is 28.5 Å². The second-order valence-electron chi connectivity index (χ2n) is 7.79. The number of anilines is 1. The van der Waals surface area contributed by atoms with Crippen molar-refractivity contribution < 1.29 is 9.59 Å². The largest absolute Gasteiger partial charge is 0.348 e. The Morgan fingerprint density at radius 2 is 1.77 bits per heavy atom. The predicted octanol–water partition coefficient (Wildman–Crippen LogP) is 4.71. The van der Waals surface area contributed by atoms with E-state index < -0.39 is 0 Å². The molecule has 8 heteroatoms. The van der Waals surface area contributed by atoms with Crippen molar-refractivity contribution in [2.45, 2.75) is 18.6 Å². The van der Waals surface area contributed by atoms with Gasteiger partial charge in [-0.2, -0.15) is 5.26 Å². The van der Waals surface area contributed by atoms with Crippen molar-refractivity contribution >= 4 is 29.3 Å². The van der Waals surface area contributed by atoms with E-state index in [-0.39, 0.29) is 17.6 Å². The Bertz CT molecular complexity index is 1370. The smallest absolute Gasteiger partial charge is 0.251 e. The summed E-state index contributed by atoms with van der Waals surface area (Å²) >= 11 is 1.28. The Balaban J connectivity index is 1.35. The highest BCUT2D eigenvalue weighted by Crippen LogP contribution is 2.22. The number of nitriles is 1. The van der Waals surface area contributed by atoms with Gasteiger partial charge in [0.25, 0.3) is 5.91 Å². The number of nitrogens with zero attached hydrogens (tertiary/aromatic N) is 3. The minimum atomic E-state index is -0.229. The van der Waals surface area contributed by atoms with Gasteiger partial charge >= 0.3 is 0 Å². The third-order valence-electron chi connectivity index (χ3n) is 5.24. The first-order valence-electron chi connectivity index (χ1n) is 10.9. The molecule has 3 aromatic carbocycles. The number of imidazole rings is 1. The maximum atomic E-state index is 12.5. The minimum absolute atomic E-state index is 0.135. The summed E-state index contributed by atoms with van der Waals surface area (Å²) < 4.78 is 1.86. The number of amides is 2. The Morgan fingerprint density at radius 3 is 2.51 bits per heavy atom. The lowest BCUT2D eigenvalue weighted by Crippen LogP contribution is -2.22. The second-order valence-corrected chi connectivity index (χ2v) is 8.73. The van der Waals surface area contributed by atoms with Gasteiger partial charge in [-0.1, -0.05) is 53.7 Å². The van der Waals surface area contributed by atoms with Crippen molar-refractivity contribution in [3.63, 3.8) is 0 Å². The zero-order chi connectivity index (χ0) is 24.6. The van der Waals surface area contributed by atoms with E-state index >= 15 is 0 Å². The van der Waals surface area contributed by atoms with Crippen molar-refractivity contribution in [3.8, 4) is 11.8 Å². The van der Waals surface area contributed by atoms with Crippen LogP contribution in [0.1, 0.15) is 27.0 Å². The van der Waals surface area contributed by atoms with Crippen molar-refractivity contribution in [3.05, 3.63) is 107 Å². The van der Waals surface area contributed by atoms with Gasteiger partial charge in [0.15, 0.2) is 5.16 Å². The molecule has 0 aliphatic carbocycles. The van der Waals surface area contributed by atoms with Crippen molar-refractivity contribution in [2.24, 2.45) is 0 Å². The van der Waals surface area contributed by atoms with Crippen LogP contribution in [0.2, 0.25) is 0 Å². The van der Waals surface area contributed by atoms with Crippen LogP contribution in [0, 0.1) is 18.3 Å². The number of rotatable bonds is 8. The maximum absolute atomic E-state index is 12.5. The first kappa shape index (κ1) is 23.8. The van der Waals surface area contributed by atoms with Crippen LogP contribution in [0.5, 0.6) is 0 Å². The van der Waals surface area contributed by atoms with Gasteiger partial charge in [-0.15, -0.1) is 0 Å². The third-order valence-corrected chi connectivity index (χ3v) is 6.21. The van der Waals surface area contributed by atoms with Gasteiger partial charge in [0.05, 0.1) is 17.0 Å². The van der Waals surface area contributed by atoms with Crippen LogP contribution >= 0.6 is 11.8 Å². The zero-order valence-corrected chi connectivity index (χ0v) is 19.9. The number of carbonyl (C=O) groups excluding carboxylic acids is 2. The Morgan fingerprint density at radius 1 is 1.03 bits per heavy atom. The summed E-state index contributed by atoms with van der Waals surface area (Å²) in [4.78, 5) is 29.3. The van der Waals surface area contributed by atoms with Crippen LogP contribution in [0.15, 0.2) is 90.3 Å². The van der Waals surface area contributed by atoms with Crippen molar-refractivity contribution in [1.82, 2.24) is 14.9 Å². The summed E-state index contributed by atoms with van der Waals surface area (Å²) in [5.41, 5.74) is 4.51. The molecule has 1 aromatic heterocycles. The summed E-state index contributed by atoms with van der Waals surface area (Å²) in [6, 6.07) is 24.2. The van der Waals surface area contributed by atoms with Crippen LogP contribution in [-0.2, 0) is 11.3 Å². The first-order valence-corrected chi connectivity index (χ1v) is 11.9. The molecule has 0 atom stereocenters. The van der Waals surface area contributed by atoms with E-state index in [1.54, 1.807) is 48.8 Å². The summed E-state index contributed by atoms with van der Waals surface area (Å²) in [6.45, 7) is 2.49. The fourth-order valence-electron chi connectivity index (χ4n) is 3.36. The summed E-state index contributed by atoms with van der Waals surface area (Å²) in [7, 11) is 0. The lowest BCUT2D eigenvalue weighted by Gasteiger charge is -2.10. The number of carbonyl (C=O) groups is 2. The number of nitrogens with one attached hydrogen (secondary N) is 2. The van der Waals surface area contributed by atoms with Crippen LogP contribution in [-0.4, -0.2) is 27.1 Å². The molecule has 2 N–H and O–H groups in total. The standard InChI is InChI=1S/C27H23N5O2S/c1-19-6-8-20(9-7-19)17-30-26(34)21-10-12-23(13-11-21)32-15-14-29-27(32)35-18-25(33)31-24-5-3-2-4-22(24)16-28/h2-15H,17-18H2,1H3,(H,30,34)(H,31,33). The fourth-order valence-corrected chi connectivity index (χ4v) is 4.14. The van der Waals surface area contributed by atoms with E-state index in [1.165, 1.54) is 17.3 Å². The zero-order valence-electron chi connectivity index (χ0n) is 19.1. The number of para-hydroxylation sites is 1. The monoisotopic (exact) mass is 481 g/mol. The molecule has 174 valence electrons. The Hall–Kier alpha value is -4.35. The van der Waals surface area contributed by atoms with Crippen molar-refractivity contribution in [2.75, 3.05) is 11.1 Å². The van der Waals surface area contributed by atoms with E-state index in [4.69, 9.17) is 0 Å². The van der Waals surface area contributed by atoms with Gasteiger partial charge in [-0.3, -0.25) is 14.2 Å². The molecule has 0 radical (unpaired) electrons. The highest BCUT2D eigenvalue weighted by atomic mass is 32.2. The Labute approximate surface area is 207 Å². The van der Waals surface area contributed by atoms with Gasteiger partial charge in [-0.25, -0.2) is 4.98 Å². The average Bonchev–Trinajstić information content (AvgIpc) is 3.36. The maximum Gasteiger partial charge on any atom is 0.251 e. The molecule has 0 saturated heterocycles. The number of thioether (sulfide) groups is 1. The number of aromatic nitrogens is 2. The molecule has 4 rings (SSSR count). The topological polar surface area (TPSA) is 99.8 Å². The van der Waals surface area contributed by atoms with Crippen molar-refractivity contribution in [1.29, 1.82) is 5.26 Å². The molecule has 0 spiro atoms. The van der Waals surface area contributed by atoms with Crippen LogP contribution in [0.25, 0.3) is 5.69 Å². The van der Waals surface area contributed by atoms with E-state index in [1.807, 2.05) is 47.9 Å². The van der Waals surface area contributed by atoms with E-state index in [0.717, 1.165) is 11.3 Å². The van der Waals surface area contributed by atoms with E-state index in [9.17, 15) is 14.9 Å². The molecule has 4 aromatic rings. The molecular weight excluding hydrogens is 458 g/mol. The highest BCUT2D eigenvalue weighted by molar-refractivity contribution is 7.99. The normalized spacial score (nSPS) is 10.4. The lowest BCUT2D eigenvalue weighted by molar-refractivity contribution is -0.113. The molecule has 2 amide bonds. The Kier molecular flexibility index (Phi) is 7.60. The predicted molar refractivity (Wildman–Crippen MR) is 136 cm³/mol. The number of hydrogen-bond acceptors (Lipinski definition) is 5. The van der Waals surface area contributed by atoms with Crippen LogP contribution in [0.4, 0.5) is 5.69 Å². The highest BCUT2D eigenvalue weighted by Gasteiger charge is 2.12. The van der Waals surface area contributed by atoms with Gasteiger partial charge < -0.3 is 10.6 Å². The molecule has 0 saturated carbocycles. The van der Waals surface area contributed by atoms with Gasteiger partial charge in [0.1, 0.15) is 6.07 Å². The van der Waals surface area contributed by atoms with Gasteiger partial charge in [0.2, 0.25) is 5.91 Å². The molecular formula is C27H23N5O2S. The summed E-state index contributed by atoms with van der Waals surface area (Å²) in [5, 5.41) is 15.5. The minimum Gasteiger partial charge on any atom is -0.348 e. The van der Waals surface area contributed by atoms with Gasteiger partial charge in [-0.05, 0) is 48.9 Å².